The summed E-state index contributed by atoms with van der Waals surface area (Å²) < 4.78 is 1.01. The van der Waals surface area contributed by atoms with Crippen LogP contribution in [-0.2, 0) is 11.2 Å². The molecule has 0 fully saturated rings. The molecule has 90 valence electrons. The third-order valence-electron chi connectivity index (χ3n) is 2.94. The van der Waals surface area contributed by atoms with E-state index in [9.17, 15) is 4.79 Å². The van der Waals surface area contributed by atoms with Gasteiger partial charge in [0.1, 0.15) is 0 Å². The lowest BCUT2D eigenvalue weighted by atomic mass is 9.86. The number of nitrogens with one attached hydrogen (secondary N) is 1. The molecule has 0 saturated carbocycles. The van der Waals surface area contributed by atoms with E-state index in [-0.39, 0.29) is 0 Å². The van der Waals surface area contributed by atoms with Crippen molar-refractivity contribution >= 4 is 32.8 Å². The zero-order valence-electron chi connectivity index (χ0n) is 9.75. The average Bonchev–Trinajstić information content (AvgIpc) is 2.60. The molecular formula is C13H14BrNO2. The van der Waals surface area contributed by atoms with Gasteiger partial charge >= 0.3 is 5.97 Å². The van der Waals surface area contributed by atoms with Gasteiger partial charge in [-0.2, -0.15) is 0 Å². The first-order chi connectivity index (χ1) is 7.90. The van der Waals surface area contributed by atoms with Crippen LogP contribution >= 0.6 is 15.9 Å². The summed E-state index contributed by atoms with van der Waals surface area (Å²) in [5, 5.41) is 10.2. The highest BCUT2D eigenvalue weighted by Gasteiger charge is 2.28. The molecule has 17 heavy (non-hydrogen) atoms. The zero-order chi connectivity index (χ0) is 12.6. The summed E-state index contributed by atoms with van der Waals surface area (Å²) >= 11 is 3.41. The van der Waals surface area contributed by atoms with Gasteiger partial charge in [-0.3, -0.25) is 4.79 Å². The fourth-order valence-electron chi connectivity index (χ4n) is 1.86. The van der Waals surface area contributed by atoms with Gasteiger partial charge in [-0.15, -0.1) is 0 Å². The second-order valence-electron chi connectivity index (χ2n) is 4.87. The van der Waals surface area contributed by atoms with Crippen LogP contribution in [0.25, 0.3) is 10.9 Å². The molecule has 0 aliphatic carbocycles. The van der Waals surface area contributed by atoms with Gasteiger partial charge in [0.25, 0.3) is 0 Å². The number of carboxylic acids is 1. The van der Waals surface area contributed by atoms with Crippen LogP contribution in [-0.4, -0.2) is 16.1 Å². The summed E-state index contributed by atoms with van der Waals surface area (Å²) in [6.45, 7) is 3.49. The Kier molecular flexibility index (Phi) is 3.00. The number of carboxylic acid groups (broad SMARTS) is 1. The molecule has 2 rings (SSSR count). The van der Waals surface area contributed by atoms with Gasteiger partial charge in [-0.05, 0) is 38.0 Å². The topological polar surface area (TPSA) is 53.1 Å². The van der Waals surface area contributed by atoms with E-state index < -0.39 is 11.4 Å². The number of hydrogen-bond donors (Lipinski definition) is 2. The van der Waals surface area contributed by atoms with Gasteiger partial charge in [0, 0.05) is 21.6 Å². The molecule has 0 unspecified atom stereocenters. The fraction of sp³-hybridized carbons (Fsp3) is 0.308. The summed E-state index contributed by atoms with van der Waals surface area (Å²) in [6, 6.07) is 5.96. The van der Waals surface area contributed by atoms with Crippen molar-refractivity contribution in [2.45, 2.75) is 20.3 Å². The molecule has 1 aromatic heterocycles. The Morgan fingerprint density at radius 2 is 2.18 bits per heavy atom. The average molecular weight is 296 g/mol. The molecule has 0 radical (unpaired) electrons. The largest absolute Gasteiger partial charge is 0.481 e. The number of fused-ring (bicyclic) bond motifs is 1. The third kappa shape index (κ3) is 2.36. The van der Waals surface area contributed by atoms with Gasteiger partial charge in [0.2, 0.25) is 0 Å². The van der Waals surface area contributed by atoms with E-state index >= 15 is 0 Å². The van der Waals surface area contributed by atoms with Gasteiger partial charge in [-0.25, -0.2) is 0 Å². The molecule has 4 heteroatoms. The lowest BCUT2D eigenvalue weighted by molar-refractivity contribution is -0.146. The maximum Gasteiger partial charge on any atom is 0.309 e. The van der Waals surface area contributed by atoms with E-state index in [1.54, 1.807) is 13.8 Å². The number of aliphatic carboxylic acids is 1. The van der Waals surface area contributed by atoms with Crippen LogP contribution in [0.5, 0.6) is 0 Å². The molecule has 1 heterocycles. The van der Waals surface area contributed by atoms with Crippen LogP contribution in [0, 0.1) is 5.41 Å². The highest BCUT2D eigenvalue weighted by atomic mass is 79.9. The summed E-state index contributed by atoms with van der Waals surface area (Å²) in [6.07, 6.45) is 2.41. The molecule has 0 atom stereocenters. The standard InChI is InChI=1S/C13H14BrNO2/c1-13(2,12(16)17)6-8-7-15-11-5-9(14)3-4-10(8)11/h3-5,7,15H,6H2,1-2H3,(H,16,17). The number of rotatable bonds is 3. The summed E-state index contributed by atoms with van der Waals surface area (Å²) in [5.41, 5.74) is 1.32. The van der Waals surface area contributed by atoms with Crippen molar-refractivity contribution in [3.05, 3.63) is 34.4 Å². The zero-order valence-corrected chi connectivity index (χ0v) is 11.3. The Morgan fingerprint density at radius 3 is 2.82 bits per heavy atom. The molecule has 1 aromatic carbocycles. The molecule has 3 nitrogen and oxygen atoms in total. The van der Waals surface area contributed by atoms with E-state index in [2.05, 4.69) is 20.9 Å². The molecule has 0 amide bonds. The second kappa shape index (κ2) is 4.18. The smallest absolute Gasteiger partial charge is 0.309 e. The molecule has 0 saturated heterocycles. The highest BCUT2D eigenvalue weighted by molar-refractivity contribution is 9.10. The number of carbonyl (C=O) groups is 1. The second-order valence-corrected chi connectivity index (χ2v) is 5.79. The van der Waals surface area contributed by atoms with Crippen molar-refractivity contribution in [1.29, 1.82) is 0 Å². The maximum absolute atomic E-state index is 11.1. The van der Waals surface area contributed by atoms with E-state index in [0.717, 1.165) is 20.9 Å². The SMILES string of the molecule is CC(C)(Cc1c[nH]c2cc(Br)ccc12)C(=O)O. The number of halogens is 1. The van der Waals surface area contributed by atoms with Crippen LogP contribution in [0.15, 0.2) is 28.9 Å². The lowest BCUT2D eigenvalue weighted by Gasteiger charge is -2.18. The minimum Gasteiger partial charge on any atom is -0.481 e. The van der Waals surface area contributed by atoms with Crippen LogP contribution < -0.4 is 0 Å². The minimum absolute atomic E-state index is 0.518. The van der Waals surface area contributed by atoms with Crippen molar-refractivity contribution in [3.8, 4) is 0 Å². The molecule has 0 spiro atoms. The van der Waals surface area contributed by atoms with Crippen molar-refractivity contribution in [2.75, 3.05) is 0 Å². The van der Waals surface area contributed by atoms with Gasteiger partial charge < -0.3 is 10.1 Å². The molecule has 2 aromatic rings. The minimum atomic E-state index is -0.774. The first-order valence-corrected chi connectivity index (χ1v) is 6.18. The van der Waals surface area contributed by atoms with Crippen LogP contribution in [0.3, 0.4) is 0 Å². The van der Waals surface area contributed by atoms with E-state index in [1.165, 1.54) is 0 Å². The van der Waals surface area contributed by atoms with Crippen molar-refractivity contribution in [3.63, 3.8) is 0 Å². The predicted molar refractivity (Wildman–Crippen MR) is 71.1 cm³/mol. The van der Waals surface area contributed by atoms with E-state index in [4.69, 9.17) is 5.11 Å². The van der Waals surface area contributed by atoms with E-state index in [0.29, 0.717) is 6.42 Å². The molecule has 2 N–H and O–H groups in total. The number of hydrogen-bond acceptors (Lipinski definition) is 1. The summed E-state index contributed by atoms with van der Waals surface area (Å²) in [7, 11) is 0. The first kappa shape index (κ1) is 12.2. The number of aromatic amines is 1. The van der Waals surface area contributed by atoms with Crippen LogP contribution in [0.2, 0.25) is 0 Å². The van der Waals surface area contributed by atoms with Crippen molar-refractivity contribution in [1.82, 2.24) is 4.98 Å². The van der Waals surface area contributed by atoms with Gasteiger partial charge in [-0.1, -0.05) is 22.0 Å². The molecule has 0 bridgehead atoms. The van der Waals surface area contributed by atoms with Gasteiger partial charge in [0.15, 0.2) is 0 Å². The number of benzene rings is 1. The number of aromatic nitrogens is 1. The van der Waals surface area contributed by atoms with E-state index in [1.807, 2.05) is 24.4 Å². The van der Waals surface area contributed by atoms with Crippen molar-refractivity contribution in [2.24, 2.45) is 5.41 Å². The predicted octanol–water partition coefficient (Wildman–Crippen LogP) is 3.58. The van der Waals surface area contributed by atoms with Crippen LogP contribution in [0.4, 0.5) is 0 Å². The highest BCUT2D eigenvalue weighted by Crippen LogP contribution is 2.28. The van der Waals surface area contributed by atoms with Gasteiger partial charge in [0.05, 0.1) is 5.41 Å². The first-order valence-electron chi connectivity index (χ1n) is 5.39. The number of H-pyrrole nitrogens is 1. The molecular weight excluding hydrogens is 282 g/mol. The summed E-state index contributed by atoms with van der Waals surface area (Å²) in [5.74, 6) is -0.774. The Balaban J connectivity index is 2.41. The lowest BCUT2D eigenvalue weighted by Crippen LogP contribution is -2.26. The quantitative estimate of drug-likeness (QED) is 0.909. The Morgan fingerprint density at radius 1 is 1.47 bits per heavy atom. The summed E-state index contributed by atoms with van der Waals surface area (Å²) in [4.78, 5) is 14.3. The Hall–Kier alpha value is -1.29. The monoisotopic (exact) mass is 295 g/mol. The third-order valence-corrected chi connectivity index (χ3v) is 3.43. The molecule has 0 aliphatic heterocycles. The Labute approximate surface area is 108 Å². The van der Waals surface area contributed by atoms with Crippen molar-refractivity contribution < 1.29 is 9.90 Å². The maximum atomic E-state index is 11.1. The normalized spacial score (nSPS) is 11.9. The Bertz CT molecular complexity index is 572. The fourth-order valence-corrected chi connectivity index (χ4v) is 2.22. The van der Waals surface area contributed by atoms with Crippen LogP contribution in [0.1, 0.15) is 19.4 Å². The molecule has 0 aliphatic rings.